The Hall–Kier alpha value is -4.38. The lowest BCUT2D eigenvalue weighted by atomic mass is 9.35. The molecule has 0 aliphatic heterocycles. The molecule has 5 fully saturated rings. The van der Waals surface area contributed by atoms with Gasteiger partial charge in [0.25, 0.3) is 0 Å². The largest absolute Gasteiger partial charge is 0.459 e. The van der Waals surface area contributed by atoms with E-state index in [-0.39, 0.29) is 34.9 Å². The van der Waals surface area contributed by atoms with Crippen molar-refractivity contribution in [3.05, 3.63) is 139 Å². The van der Waals surface area contributed by atoms with Gasteiger partial charge in [0.05, 0.1) is 17.8 Å². The lowest BCUT2D eigenvalue weighted by molar-refractivity contribution is -0.238. The molecular weight excluding hydrogens is 703 g/mol. The first-order chi connectivity index (χ1) is 26.5. The Balaban J connectivity index is 1.00. The van der Waals surface area contributed by atoms with Gasteiger partial charge < -0.3 is 14.6 Å². The van der Waals surface area contributed by atoms with Crippen LogP contribution in [0.15, 0.2) is 128 Å². The summed E-state index contributed by atoms with van der Waals surface area (Å²) >= 11 is 0. The molecule has 284 valence electrons. The van der Waals surface area contributed by atoms with Crippen LogP contribution in [0.2, 0.25) is 0 Å². The Morgan fingerprint density at radius 1 is 0.855 bits per heavy atom. The fraction of sp³-hybridized carbons (Fsp3) is 0.396. The van der Waals surface area contributed by atoms with Gasteiger partial charge in [0, 0.05) is 23.2 Å². The highest BCUT2D eigenvalue weighted by molar-refractivity contribution is 7.95. The zero-order valence-corrected chi connectivity index (χ0v) is 33.0. The molecule has 9 atom stereocenters. The summed E-state index contributed by atoms with van der Waals surface area (Å²) in [5.74, 6) is -0.686. The fourth-order valence-electron chi connectivity index (χ4n) is 11.8. The van der Waals surface area contributed by atoms with Gasteiger partial charge in [0.1, 0.15) is 35.1 Å². The monoisotopic (exact) mass is 755 g/mol. The zero-order valence-electron chi connectivity index (χ0n) is 32.1. The maximum absolute atomic E-state index is 13.7. The number of rotatable bonds is 10. The molecule has 0 heterocycles. The minimum atomic E-state index is -2.13. The Morgan fingerprint density at radius 2 is 1.42 bits per heavy atom. The van der Waals surface area contributed by atoms with Crippen LogP contribution in [0.25, 0.3) is 0 Å². The number of esters is 2. The summed E-state index contributed by atoms with van der Waals surface area (Å²) in [7, 11) is -2.13. The van der Waals surface area contributed by atoms with E-state index < -0.39 is 48.8 Å². The van der Waals surface area contributed by atoms with E-state index in [0.29, 0.717) is 18.4 Å². The number of hydrogen-bond donors (Lipinski definition) is 1. The summed E-state index contributed by atoms with van der Waals surface area (Å²) in [5, 5.41) is 15.7. The molecule has 7 heteroatoms. The third-order valence-electron chi connectivity index (χ3n) is 14.6. The molecule has 1 N–H and O–H groups in total. The van der Waals surface area contributed by atoms with Gasteiger partial charge in [0.15, 0.2) is 6.61 Å². The predicted octanol–water partition coefficient (Wildman–Crippen LogP) is 7.85. The van der Waals surface area contributed by atoms with Crippen LogP contribution in [0.3, 0.4) is 0 Å². The quantitative estimate of drug-likeness (QED) is 0.101. The van der Waals surface area contributed by atoms with Crippen LogP contribution in [-0.2, 0) is 25.2 Å². The van der Waals surface area contributed by atoms with E-state index in [1.807, 2.05) is 37.3 Å². The maximum Gasteiger partial charge on any atom is 0.344 e. The number of fused-ring (bicyclic) bond motifs is 4. The van der Waals surface area contributed by atoms with Crippen molar-refractivity contribution in [3.8, 4) is 0 Å². The number of hydrogen-bond acceptors (Lipinski definition) is 6. The van der Waals surface area contributed by atoms with E-state index in [4.69, 9.17) is 9.47 Å². The molecule has 0 aromatic heterocycles. The third kappa shape index (κ3) is 5.94. The first-order valence-corrected chi connectivity index (χ1v) is 21.8. The van der Waals surface area contributed by atoms with Crippen LogP contribution in [0.1, 0.15) is 68.8 Å². The van der Waals surface area contributed by atoms with Crippen LogP contribution >= 0.6 is 7.26 Å². The van der Waals surface area contributed by atoms with E-state index >= 15 is 0 Å². The van der Waals surface area contributed by atoms with Crippen LogP contribution in [0.5, 0.6) is 0 Å². The molecular formula is C48H52O6P+. The van der Waals surface area contributed by atoms with Gasteiger partial charge in [-0.25, -0.2) is 9.59 Å². The summed E-state index contributed by atoms with van der Waals surface area (Å²) in [6.07, 6.45) is 4.61. The van der Waals surface area contributed by atoms with E-state index in [1.165, 1.54) is 15.9 Å². The molecule has 4 bridgehead atoms. The van der Waals surface area contributed by atoms with Crippen molar-refractivity contribution in [3.63, 3.8) is 0 Å². The Morgan fingerprint density at radius 3 is 1.96 bits per heavy atom. The van der Waals surface area contributed by atoms with Crippen molar-refractivity contribution in [2.45, 2.75) is 71.2 Å². The lowest BCUT2D eigenvalue weighted by Gasteiger charge is -2.68. The highest BCUT2D eigenvalue weighted by Gasteiger charge is 2.76. The van der Waals surface area contributed by atoms with Crippen LogP contribution in [0.4, 0.5) is 0 Å². The number of aliphatic hydroxyl groups is 1. The highest BCUT2D eigenvalue weighted by atomic mass is 31.2. The Labute approximate surface area is 325 Å². The summed E-state index contributed by atoms with van der Waals surface area (Å²) in [6, 6.07) is 39.5. The molecule has 55 heavy (non-hydrogen) atoms. The third-order valence-corrected chi connectivity index (χ3v) is 18.9. The van der Waals surface area contributed by atoms with Gasteiger partial charge in [-0.1, -0.05) is 93.6 Å². The molecule has 4 aromatic rings. The smallest absolute Gasteiger partial charge is 0.344 e. The first-order valence-electron chi connectivity index (χ1n) is 19.8. The van der Waals surface area contributed by atoms with Crippen molar-refractivity contribution in [1.82, 2.24) is 0 Å². The molecule has 1 spiro atoms. The second-order valence-electron chi connectivity index (χ2n) is 17.1. The molecule has 0 amide bonds. The topological polar surface area (TPSA) is 89.9 Å². The predicted molar refractivity (Wildman–Crippen MR) is 218 cm³/mol. The second-order valence-corrected chi connectivity index (χ2v) is 20.6. The number of Topliss-reactive ketones (excluding diaryl/α,β-unsaturated/α-hetero) is 1. The maximum atomic E-state index is 13.7. The number of carbonyl (C=O) groups excluding carboxylic acids is 3. The molecule has 5 aliphatic carbocycles. The van der Waals surface area contributed by atoms with E-state index in [1.54, 1.807) is 18.2 Å². The Kier molecular flexibility index (Phi) is 9.75. The van der Waals surface area contributed by atoms with E-state index in [0.717, 1.165) is 31.0 Å². The molecule has 9 rings (SSSR count). The van der Waals surface area contributed by atoms with Gasteiger partial charge in [-0.3, -0.25) is 4.79 Å². The Bertz CT molecular complexity index is 1970. The second kappa shape index (κ2) is 14.3. The summed E-state index contributed by atoms with van der Waals surface area (Å²) in [4.78, 5) is 40.7. The van der Waals surface area contributed by atoms with Gasteiger partial charge in [0.2, 0.25) is 0 Å². The van der Waals surface area contributed by atoms with Gasteiger partial charge in [-0.15, -0.1) is 6.58 Å². The van der Waals surface area contributed by atoms with Crippen LogP contribution in [-0.4, -0.2) is 41.6 Å². The number of ether oxygens (including phenoxy) is 2. The molecule has 0 saturated heterocycles. The minimum absolute atomic E-state index is 0.0797. The lowest BCUT2D eigenvalue weighted by Crippen LogP contribution is -2.67. The summed E-state index contributed by atoms with van der Waals surface area (Å²) in [5.41, 5.74) is -0.0396. The number of ketones is 1. The number of benzene rings is 4. The van der Waals surface area contributed by atoms with Gasteiger partial charge in [-0.05, 0) is 103 Å². The van der Waals surface area contributed by atoms with Gasteiger partial charge >= 0.3 is 11.9 Å². The van der Waals surface area contributed by atoms with Crippen molar-refractivity contribution in [1.29, 1.82) is 0 Å². The van der Waals surface area contributed by atoms with E-state index in [9.17, 15) is 19.5 Å². The average molecular weight is 756 g/mol. The van der Waals surface area contributed by atoms with Crippen molar-refractivity contribution < 1.29 is 29.0 Å². The molecule has 5 aliphatic rings. The minimum Gasteiger partial charge on any atom is -0.459 e. The number of aliphatic hydroxyl groups excluding tert-OH is 1. The highest BCUT2D eigenvalue weighted by Crippen LogP contribution is 2.76. The average Bonchev–Trinajstić information content (AvgIpc) is 3.62. The molecule has 0 radical (unpaired) electrons. The van der Waals surface area contributed by atoms with Gasteiger partial charge in [-0.2, -0.15) is 0 Å². The molecule has 6 nitrogen and oxygen atoms in total. The van der Waals surface area contributed by atoms with E-state index in [2.05, 4.69) is 93.2 Å². The number of carbonyl (C=O) groups is 3. The fourth-order valence-corrected chi connectivity index (χ4v) is 16.0. The van der Waals surface area contributed by atoms with Crippen molar-refractivity contribution >= 4 is 40.9 Å². The standard InChI is InChI=1S/C48H52O6P/c1-5-46(3)29-40(47(4)27-25-38-42(44(46)51)32(2)48(38)28-26-39(49)43(47)48)54-41(50)30-53-45(52)34-23-21-33(22-24-34)31-55(35-15-9-6-10-16-35,36-17-11-7-12-18-36)37-19-13-8-14-20-37/h5-24,32,38,40,42-44,51H,1,25-31H2,2-4H3/q+1/t32-,38-,40+,42?,43?,44-,46+,47-,48+/m0/s1. The SMILES string of the molecule is C=C[C@]1(C)C[C@@H](OC(=O)COC(=O)c2ccc(C[P+](c3ccccc3)(c3ccccc3)c3ccccc3)cc2)[C@]2(C)CC[C@H]3C([C@H](C)[C@]34CCC(=O)C42)[C@@H]1O. The summed E-state index contributed by atoms with van der Waals surface area (Å²) in [6.45, 7) is 9.87. The first kappa shape index (κ1) is 37.5. The summed E-state index contributed by atoms with van der Waals surface area (Å²) < 4.78 is 11.9. The van der Waals surface area contributed by atoms with Crippen molar-refractivity contribution in [2.75, 3.05) is 6.61 Å². The molecule has 4 aromatic carbocycles. The molecule has 5 saturated carbocycles. The van der Waals surface area contributed by atoms with Crippen LogP contribution < -0.4 is 15.9 Å². The molecule has 2 unspecified atom stereocenters. The normalized spacial score (nSPS) is 32.3. The van der Waals surface area contributed by atoms with Crippen LogP contribution in [0, 0.1) is 39.9 Å². The van der Waals surface area contributed by atoms with Crippen molar-refractivity contribution in [2.24, 2.45) is 39.9 Å². The zero-order chi connectivity index (χ0) is 38.6.